The summed E-state index contributed by atoms with van der Waals surface area (Å²) in [6, 6.07) is 13.4. The lowest BCUT2D eigenvalue weighted by molar-refractivity contribution is -0.130. The number of rotatable bonds is 5. The summed E-state index contributed by atoms with van der Waals surface area (Å²) < 4.78 is 19.4. The largest absolute Gasteiger partial charge is 0.439 e. The minimum atomic E-state index is -1.67. The molecule has 1 N–H and O–H groups in total. The predicted octanol–water partition coefficient (Wildman–Crippen LogP) is 3.25. The van der Waals surface area contributed by atoms with E-state index < -0.39 is 42.5 Å². The Morgan fingerprint density at radius 3 is 2.67 bits per heavy atom. The molecular weight excluding hydrogens is 351 g/mol. The van der Waals surface area contributed by atoms with Gasteiger partial charge in [0.15, 0.2) is 0 Å². The van der Waals surface area contributed by atoms with Crippen LogP contribution in [0.3, 0.4) is 0 Å². The van der Waals surface area contributed by atoms with Gasteiger partial charge in [0.2, 0.25) is 5.91 Å². The Hall–Kier alpha value is -3.06. The number of carbonyl (C=O) groups excluding carboxylic acids is 2. The third-order valence-electron chi connectivity index (χ3n) is 4.33. The van der Waals surface area contributed by atoms with E-state index in [0.29, 0.717) is 5.69 Å². The van der Waals surface area contributed by atoms with Gasteiger partial charge in [-0.25, -0.2) is 14.1 Å². The first kappa shape index (κ1) is 18.7. The first-order valence-corrected chi connectivity index (χ1v) is 8.51. The molecule has 1 aliphatic rings. The molecule has 1 fully saturated rings. The molecule has 0 saturated carbocycles. The fourth-order valence-electron chi connectivity index (χ4n) is 2.94. The van der Waals surface area contributed by atoms with Crippen molar-refractivity contribution in [1.82, 2.24) is 9.88 Å². The van der Waals surface area contributed by atoms with Gasteiger partial charge in [-0.2, -0.15) is 0 Å². The van der Waals surface area contributed by atoms with E-state index in [0.717, 1.165) is 16.5 Å². The highest BCUT2D eigenvalue weighted by Crippen LogP contribution is 2.33. The number of carbonyl (C=O) groups is 2. The summed E-state index contributed by atoms with van der Waals surface area (Å²) in [6.45, 7) is 1.67. The fraction of sp³-hybridized carbons (Fsp3) is 0.250. The molecule has 140 valence electrons. The smallest absolute Gasteiger partial charge is 0.417 e. The Kier molecular flexibility index (Phi) is 5.61. The Morgan fingerprint density at radius 2 is 2.00 bits per heavy atom. The second kappa shape index (κ2) is 8.09. The first-order chi connectivity index (χ1) is 13.0. The first-order valence-electron chi connectivity index (χ1n) is 8.51. The highest BCUT2D eigenvalue weighted by Gasteiger charge is 2.43. The number of pyridine rings is 1. The standard InChI is InChI=1S/C20H19FN2O4/c1-13-19(14-7-3-2-4-8-14)27-20(26)23(13)18(25)12-17(24)16(21)11-15-9-5-6-10-22-15/h2-11,13,17,19,24H,12H2,1H3/t13-,17+,19-/m0/s1. The Balaban J connectivity index is 1.68. The van der Waals surface area contributed by atoms with E-state index >= 15 is 0 Å². The molecule has 7 heteroatoms. The maximum absolute atomic E-state index is 14.1. The molecule has 1 aromatic carbocycles. The molecule has 0 radical (unpaired) electrons. The monoisotopic (exact) mass is 370 g/mol. The van der Waals surface area contributed by atoms with Crippen LogP contribution in [0.5, 0.6) is 0 Å². The van der Waals surface area contributed by atoms with E-state index in [4.69, 9.17) is 4.74 Å². The van der Waals surface area contributed by atoms with Crippen LogP contribution in [-0.4, -0.2) is 39.1 Å². The van der Waals surface area contributed by atoms with E-state index in [1.807, 2.05) is 18.2 Å². The van der Waals surface area contributed by atoms with Crippen LogP contribution < -0.4 is 0 Å². The topological polar surface area (TPSA) is 79.7 Å². The number of aliphatic hydroxyl groups is 1. The number of aromatic nitrogens is 1. The lowest BCUT2D eigenvalue weighted by Crippen LogP contribution is -2.39. The molecule has 0 bridgehead atoms. The summed E-state index contributed by atoms with van der Waals surface area (Å²) in [6.07, 6.45) is -1.11. The maximum Gasteiger partial charge on any atom is 0.417 e. The number of aliphatic hydroxyl groups excluding tert-OH is 1. The summed E-state index contributed by atoms with van der Waals surface area (Å²) in [5, 5.41) is 9.99. The number of ether oxygens (including phenoxy) is 1. The number of amides is 2. The quantitative estimate of drug-likeness (QED) is 0.874. The van der Waals surface area contributed by atoms with Crippen molar-refractivity contribution in [3.63, 3.8) is 0 Å². The van der Waals surface area contributed by atoms with Gasteiger partial charge < -0.3 is 9.84 Å². The second-order valence-corrected chi connectivity index (χ2v) is 6.22. The van der Waals surface area contributed by atoms with Gasteiger partial charge in [-0.15, -0.1) is 0 Å². The SMILES string of the molecule is C[C@H]1[C@@H](c2ccccc2)OC(=O)N1C(=O)C[C@@H](O)C(F)=Cc1ccccn1. The van der Waals surface area contributed by atoms with Crippen molar-refractivity contribution < 1.29 is 23.8 Å². The number of imide groups is 1. The van der Waals surface area contributed by atoms with Crippen molar-refractivity contribution in [2.45, 2.75) is 31.6 Å². The maximum atomic E-state index is 14.1. The van der Waals surface area contributed by atoms with E-state index in [-0.39, 0.29) is 0 Å². The molecule has 27 heavy (non-hydrogen) atoms. The van der Waals surface area contributed by atoms with Crippen molar-refractivity contribution in [2.24, 2.45) is 0 Å². The summed E-state index contributed by atoms with van der Waals surface area (Å²) >= 11 is 0. The Labute approximate surface area is 155 Å². The molecule has 3 atom stereocenters. The van der Waals surface area contributed by atoms with Crippen LogP contribution in [0.4, 0.5) is 9.18 Å². The van der Waals surface area contributed by atoms with Crippen molar-refractivity contribution in [3.05, 3.63) is 71.8 Å². The van der Waals surface area contributed by atoms with Crippen LogP contribution in [0.25, 0.3) is 6.08 Å². The zero-order valence-corrected chi connectivity index (χ0v) is 14.7. The molecule has 1 aromatic heterocycles. The van der Waals surface area contributed by atoms with Crippen LogP contribution >= 0.6 is 0 Å². The van der Waals surface area contributed by atoms with Crippen LogP contribution in [-0.2, 0) is 9.53 Å². The third-order valence-corrected chi connectivity index (χ3v) is 4.33. The summed E-state index contributed by atoms with van der Waals surface area (Å²) in [4.78, 5) is 29.5. The van der Waals surface area contributed by atoms with Crippen LogP contribution in [0.2, 0.25) is 0 Å². The molecule has 6 nitrogen and oxygen atoms in total. The van der Waals surface area contributed by atoms with Crippen molar-refractivity contribution in [3.8, 4) is 0 Å². The number of benzene rings is 1. The van der Waals surface area contributed by atoms with E-state index in [9.17, 15) is 19.1 Å². The number of hydrogen-bond acceptors (Lipinski definition) is 5. The molecule has 2 aromatic rings. The van der Waals surface area contributed by atoms with Gasteiger partial charge in [-0.3, -0.25) is 9.78 Å². The average molecular weight is 370 g/mol. The Morgan fingerprint density at radius 1 is 1.30 bits per heavy atom. The number of nitrogens with zero attached hydrogens (tertiary/aromatic N) is 2. The summed E-state index contributed by atoms with van der Waals surface area (Å²) in [5.41, 5.74) is 1.08. The van der Waals surface area contributed by atoms with Crippen LogP contribution in [0, 0.1) is 0 Å². The van der Waals surface area contributed by atoms with Gasteiger partial charge in [-0.05, 0) is 30.7 Å². The van der Waals surface area contributed by atoms with Gasteiger partial charge in [0, 0.05) is 6.20 Å². The van der Waals surface area contributed by atoms with Gasteiger partial charge in [0.1, 0.15) is 18.0 Å². The fourth-order valence-corrected chi connectivity index (χ4v) is 2.94. The van der Waals surface area contributed by atoms with E-state index in [1.54, 1.807) is 37.3 Å². The van der Waals surface area contributed by atoms with Crippen molar-refractivity contribution in [1.29, 1.82) is 0 Å². The molecule has 1 aliphatic heterocycles. The second-order valence-electron chi connectivity index (χ2n) is 6.22. The lowest BCUT2D eigenvalue weighted by Gasteiger charge is -2.20. The van der Waals surface area contributed by atoms with Crippen LogP contribution in [0.1, 0.15) is 30.7 Å². The molecule has 2 amide bonds. The molecule has 2 heterocycles. The number of cyclic esters (lactones) is 1. The van der Waals surface area contributed by atoms with Gasteiger partial charge in [0.25, 0.3) is 0 Å². The Bertz CT molecular complexity index is 842. The minimum Gasteiger partial charge on any atom is -0.439 e. The lowest BCUT2D eigenvalue weighted by atomic mass is 10.0. The zero-order chi connectivity index (χ0) is 19.4. The minimum absolute atomic E-state index is 0.319. The molecule has 0 spiro atoms. The number of halogens is 1. The van der Waals surface area contributed by atoms with Crippen LogP contribution in [0.15, 0.2) is 60.6 Å². The van der Waals surface area contributed by atoms with E-state index in [2.05, 4.69) is 4.98 Å². The summed E-state index contributed by atoms with van der Waals surface area (Å²) in [5.74, 6) is -1.61. The van der Waals surface area contributed by atoms with Crippen molar-refractivity contribution in [2.75, 3.05) is 0 Å². The summed E-state index contributed by atoms with van der Waals surface area (Å²) in [7, 11) is 0. The highest BCUT2D eigenvalue weighted by atomic mass is 19.1. The number of hydrogen-bond donors (Lipinski definition) is 1. The van der Waals surface area contributed by atoms with Gasteiger partial charge in [0.05, 0.1) is 18.2 Å². The molecule has 3 rings (SSSR count). The molecule has 0 unspecified atom stereocenters. The molecule has 0 aliphatic carbocycles. The van der Waals surface area contributed by atoms with Gasteiger partial charge >= 0.3 is 6.09 Å². The van der Waals surface area contributed by atoms with E-state index in [1.165, 1.54) is 6.20 Å². The van der Waals surface area contributed by atoms with Crippen molar-refractivity contribution >= 4 is 18.1 Å². The highest BCUT2D eigenvalue weighted by molar-refractivity contribution is 5.94. The normalized spacial score (nSPS) is 21.1. The average Bonchev–Trinajstić information content (AvgIpc) is 2.97. The predicted molar refractivity (Wildman–Crippen MR) is 95.9 cm³/mol. The molecule has 1 saturated heterocycles. The zero-order valence-electron chi connectivity index (χ0n) is 14.7. The molecular formula is C20H19FN2O4. The third kappa shape index (κ3) is 4.20. The van der Waals surface area contributed by atoms with Gasteiger partial charge in [-0.1, -0.05) is 36.4 Å².